The number of nitrogens with zero attached hydrogens (tertiary/aromatic N) is 3. The first-order valence-electron chi connectivity index (χ1n) is 14.0. The number of nitrogens with one attached hydrogen (secondary N) is 3. The normalized spacial score (nSPS) is 25.1. The van der Waals surface area contributed by atoms with Gasteiger partial charge in [-0.1, -0.05) is 43.3 Å². The van der Waals surface area contributed by atoms with E-state index in [-0.39, 0.29) is 24.3 Å². The van der Waals surface area contributed by atoms with Crippen LogP contribution >= 0.6 is 0 Å². The van der Waals surface area contributed by atoms with Crippen LogP contribution in [0.4, 0.5) is 0 Å². The number of amides is 4. The second kappa shape index (κ2) is 13.9. The van der Waals surface area contributed by atoms with Crippen LogP contribution < -0.4 is 16.0 Å². The van der Waals surface area contributed by atoms with Crippen LogP contribution in [-0.2, 0) is 27.2 Å². The smallest absolute Gasteiger partial charge is 0.274 e. The Morgan fingerprint density at radius 3 is 2.30 bits per heavy atom. The number of pyridine rings is 2. The molecule has 43 heavy (non-hydrogen) atoms. The highest BCUT2D eigenvalue weighted by molar-refractivity contribution is 5.98. The number of carbonyl (C=O) groups is 4. The minimum atomic E-state index is -1.36. The Bertz CT molecular complexity index is 1440. The maximum atomic E-state index is 13.9. The summed E-state index contributed by atoms with van der Waals surface area (Å²) in [6.07, 6.45) is 3.45. The monoisotopic (exact) mass is 588 g/mol. The maximum Gasteiger partial charge on any atom is 0.274 e. The zero-order chi connectivity index (χ0) is 31.1. The molecule has 0 saturated carbocycles. The van der Waals surface area contributed by atoms with Crippen LogP contribution in [0.3, 0.4) is 0 Å². The maximum absolute atomic E-state index is 13.9. The van der Waals surface area contributed by atoms with Crippen molar-refractivity contribution in [1.29, 1.82) is 0 Å². The lowest BCUT2D eigenvalue weighted by atomic mass is 9.91. The van der Waals surface area contributed by atoms with E-state index in [1.165, 1.54) is 37.2 Å². The molecule has 1 aromatic carbocycles. The van der Waals surface area contributed by atoms with Gasteiger partial charge in [0.15, 0.2) is 5.69 Å². The molecule has 5 N–H and O–H groups in total. The molecule has 1 unspecified atom stereocenters. The Balaban J connectivity index is 1.73. The molecule has 0 aliphatic carbocycles. The second-order valence-electron chi connectivity index (χ2n) is 10.7. The van der Waals surface area contributed by atoms with E-state index in [0.717, 1.165) is 5.56 Å². The molecule has 0 radical (unpaired) electrons. The number of carbonyl (C=O) groups excluding carboxylic acids is 4. The summed E-state index contributed by atoms with van der Waals surface area (Å²) in [6.45, 7) is 3.11. The van der Waals surface area contributed by atoms with E-state index in [2.05, 4.69) is 25.9 Å². The number of rotatable bonds is 6. The lowest BCUT2D eigenvalue weighted by molar-refractivity contribution is -0.141. The van der Waals surface area contributed by atoms with Crippen molar-refractivity contribution in [2.24, 2.45) is 5.92 Å². The highest BCUT2D eigenvalue weighted by Crippen LogP contribution is 2.18. The van der Waals surface area contributed by atoms with Crippen LogP contribution in [0.5, 0.6) is 5.75 Å². The van der Waals surface area contributed by atoms with E-state index in [1.54, 1.807) is 31.5 Å². The molecular formula is C31H36N6O6. The van der Waals surface area contributed by atoms with Gasteiger partial charge in [-0.3, -0.25) is 24.2 Å². The summed E-state index contributed by atoms with van der Waals surface area (Å²) < 4.78 is 0. The first kappa shape index (κ1) is 31.1. The molecular weight excluding hydrogens is 552 g/mol. The van der Waals surface area contributed by atoms with Gasteiger partial charge in [0, 0.05) is 32.1 Å². The van der Waals surface area contributed by atoms with Crippen molar-refractivity contribution in [2.45, 2.75) is 57.0 Å². The van der Waals surface area contributed by atoms with E-state index in [1.807, 2.05) is 30.3 Å². The Kier molecular flexibility index (Phi) is 10.0. The Hall–Kier alpha value is -4.84. The van der Waals surface area contributed by atoms with Gasteiger partial charge in [0.25, 0.3) is 5.91 Å². The van der Waals surface area contributed by atoms with Crippen LogP contribution in [0.25, 0.3) is 0 Å². The average molecular weight is 589 g/mol. The van der Waals surface area contributed by atoms with E-state index >= 15 is 0 Å². The summed E-state index contributed by atoms with van der Waals surface area (Å²) in [7, 11) is 1.49. The van der Waals surface area contributed by atoms with Crippen molar-refractivity contribution in [3.05, 3.63) is 90.0 Å². The number of aromatic hydroxyl groups is 1. The van der Waals surface area contributed by atoms with Crippen molar-refractivity contribution in [3.8, 4) is 5.75 Å². The van der Waals surface area contributed by atoms with Crippen molar-refractivity contribution in [3.63, 3.8) is 0 Å². The fourth-order valence-corrected chi connectivity index (χ4v) is 5.02. The third kappa shape index (κ3) is 7.52. The third-order valence-corrected chi connectivity index (χ3v) is 7.75. The molecule has 0 bridgehead atoms. The Labute approximate surface area is 249 Å². The first-order chi connectivity index (χ1) is 20.6. The van der Waals surface area contributed by atoms with Crippen LogP contribution in [0.1, 0.15) is 35.5 Å². The SMILES string of the molecule is C[C@@H]1[C@H](NC(=O)c2ncccc2O)C(=O)N[C@@H](Cc2cccnc2)[C@@H](O)[C@@H](C)C(=O)NC(Cc2ccccc2)C(=O)N1C. The van der Waals surface area contributed by atoms with Crippen molar-refractivity contribution < 1.29 is 29.4 Å². The second-order valence-corrected chi connectivity index (χ2v) is 10.7. The van der Waals surface area contributed by atoms with Gasteiger partial charge in [-0.2, -0.15) is 0 Å². The number of aromatic nitrogens is 2. The topological polar surface area (TPSA) is 174 Å². The van der Waals surface area contributed by atoms with Gasteiger partial charge in [-0.15, -0.1) is 0 Å². The van der Waals surface area contributed by atoms with Crippen LogP contribution in [0.2, 0.25) is 0 Å². The molecule has 1 saturated heterocycles. The molecule has 6 atom stereocenters. The molecule has 12 nitrogen and oxygen atoms in total. The summed E-state index contributed by atoms with van der Waals surface area (Å²) in [5, 5.41) is 29.8. The van der Waals surface area contributed by atoms with Gasteiger partial charge in [0.1, 0.15) is 17.8 Å². The van der Waals surface area contributed by atoms with Gasteiger partial charge in [-0.25, -0.2) is 4.98 Å². The fraction of sp³-hybridized carbons (Fsp3) is 0.355. The number of aliphatic hydroxyl groups is 1. The number of aliphatic hydroxyl groups excluding tert-OH is 1. The van der Waals surface area contributed by atoms with Gasteiger partial charge >= 0.3 is 0 Å². The number of benzene rings is 1. The molecule has 226 valence electrons. The average Bonchev–Trinajstić information content (AvgIpc) is 3.01. The lowest BCUT2D eigenvalue weighted by Gasteiger charge is -2.37. The predicted octanol–water partition coefficient (Wildman–Crippen LogP) is 0.593. The summed E-state index contributed by atoms with van der Waals surface area (Å²) in [4.78, 5) is 63.6. The zero-order valence-corrected chi connectivity index (χ0v) is 24.2. The van der Waals surface area contributed by atoms with Gasteiger partial charge < -0.3 is 31.1 Å². The number of hydrogen-bond donors (Lipinski definition) is 5. The molecule has 1 aliphatic heterocycles. The minimum Gasteiger partial charge on any atom is -0.505 e. The van der Waals surface area contributed by atoms with Crippen molar-refractivity contribution in [1.82, 2.24) is 30.8 Å². The Morgan fingerprint density at radius 1 is 0.930 bits per heavy atom. The first-order valence-corrected chi connectivity index (χ1v) is 14.0. The zero-order valence-electron chi connectivity index (χ0n) is 24.2. The van der Waals surface area contributed by atoms with Gasteiger partial charge in [-0.05, 0) is 42.7 Å². The van der Waals surface area contributed by atoms with Crippen LogP contribution in [-0.4, -0.2) is 86.0 Å². The summed E-state index contributed by atoms with van der Waals surface area (Å²) in [5.41, 5.74) is 1.20. The molecule has 3 aromatic rings. The molecule has 0 spiro atoms. The summed E-state index contributed by atoms with van der Waals surface area (Å²) in [6, 6.07) is 11.2. The largest absolute Gasteiger partial charge is 0.505 e. The summed E-state index contributed by atoms with van der Waals surface area (Å²) in [5.74, 6) is -3.97. The number of likely N-dealkylation sites (N-methyl/N-ethyl adjacent to an activating group) is 1. The van der Waals surface area contributed by atoms with E-state index in [4.69, 9.17) is 0 Å². The molecule has 1 aliphatic rings. The molecule has 12 heteroatoms. The molecule has 1 fully saturated rings. The predicted molar refractivity (Wildman–Crippen MR) is 157 cm³/mol. The highest BCUT2D eigenvalue weighted by atomic mass is 16.3. The molecule has 4 amide bonds. The van der Waals surface area contributed by atoms with Crippen LogP contribution in [0.15, 0.2) is 73.2 Å². The Morgan fingerprint density at radius 2 is 1.63 bits per heavy atom. The van der Waals surface area contributed by atoms with Gasteiger partial charge in [0.2, 0.25) is 17.7 Å². The quantitative estimate of drug-likeness (QED) is 0.278. The molecule has 3 heterocycles. The molecule has 2 aromatic heterocycles. The van der Waals surface area contributed by atoms with Crippen LogP contribution in [0, 0.1) is 5.92 Å². The number of hydrogen-bond acceptors (Lipinski definition) is 8. The van der Waals surface area contributed by atoms with E-state index in [9.17, 15) is 29.4 Å². The fourth-order valence-electron chi connectivity index (χ4n) is 5.02. The van der Waals surface area contributed by atoms with E-state index < -0.39 is 59.8 Å². The third-order valence-electron chi connectivity index (χ3n) is 7.75. The van der Waals surface area contributed by atoms with Gasteiger partial charge in [0.05, 0.1) is 24.1 Å². The lowest BCUT2D eigenvalue weighted by Crippen LogP contribution is -2.64. The van der Waals surface area contributed by atoms with E-state index in [0.29, 0.717) is 5.56 Å². The summed E-state index contributed by atoms with van der Waals surface area (Å²) >= 11 is 0. The van der Waals surface area contributed by atoms with Crippen molar-refractivity contribution in [2.75, 3.05) is 7.05 Å². The molecule has 4 rings (SSSR count). The highest BCUT2D eigenvalue weighted by Gasteiger charge is 2.40. The van der Waals surface area contributed by atoms with Crippen molar-refractivity contribution >= 4 is 23.6 Å². The minimum absolute atomic E-state index is 0.136. The standard InChI is InChI=1S/C31H36N6O6/c1-18-27(39)22(16-21-11-7-13-32-17-21)34-29(41)25(36-30(42)26-24(38)12-8-14-33-26)19(2)37(3)31(43)23(35-28(18)40)15-20-9-5-4-6-10-20/h4-14,17-19,22-23,25,27,38-39H,15-16H2,1-3H3,(H,34,41)(H,35,40)(H,36,42)/t18-,19-,22+,23?,25+,27+/m1/s1.